The van der Waals surface area contributed by atoms with E-state index >= 15 is 0 Å². The van der Waals surface area contributed by atoms with Gasteiger partial charge in [0.05, 0.1) is 18.8 Å². The highest BCUT2D eigenvalue weighted by Crippen LogP contribution is 2.28. The molecule has 4 nitrogen and oxygen atoms in total. The summed E-state index contributed by atoms with van der Waals surface area (Å²) in [5.41, 5.74) is 3.43. The summed E-state index contributed by atoms with van der Waals surface area (Å²) >= 11 is 0. The second-order valence-corrected chi connectivity index (χ2v) is 4.97. The standard InChI is InChI=1S/C14H18N2O2/c1-9-14(15-6-7-18-9)11-2-4-12-10(8-11)3-5-13(17)16-12/h2,4,8-9,14-15H,3,5-7H2,1H3,(H,16,17). The zero-order valence-electron chi connectivity index (χ0n) is 10.5. The van der Waals surface area contributed by atoms with E-state index in [1.54, 1.807) is 0 Å². The smallest absolute Gasteiger partial charge is 0.224 e. The number of carbonyl (C=O) groups excluding carboxylic acids is 1. The third kappa shape index (κ3) is 2.13. The van der Waals surface area contributed by atoms with Crippen molar-refractivity contribution in [3.05, 3.63) is 29.3 Å². The third-order valence-electron chi connectivity index (χ3n) is 3.70. The Hall–Kier alpha value is -1.39. The van der Waals surface area contributed by atoms with Gasteiger partial charge in [-0.15, -0.1) is 0 Å². The molecule has 96 valence electrons. The summed E-state index contributed by atoms with van der Waals surface area (Å²) in [6.07, 6.45) is 1.60. The van der Waals surface area contributed by atoms with E-state index in [4.69, 9.17) is 4.74 Å². The van der Waals surface area contributed by atoms with Gasteiger partial charge < -0.3 is 15.4 Å². The molecule has 0 bridgehead atoms. The molecule has 1 amide bonds. The summed E-state index contributed by atoms with van der Waals surface area (Å²) in [6, 6.07) is 6.52. The molecule has 0 radical (unpaired) electrons. The number of carbonyl (C=O) groups is 1. The van der Waals surface area contributed by atoms with E-state index in [0.29, 0.717) is 6.42 Å². The molecule has 1 aromatic carbocycles. The molecule has 0 aromatic heterocycles. The fourth-order valence-corrected chi connectivity index (χ4v) is 2.71. The van der Waals surface area contributed by atoms with Crippen LogP contribution in [0.5, 0.6) is 0 Å². The average molecular weight is 246 g/mol. The minimum Gasteiger partial charge on any atom is -0.375 e. The van der Waals surface area contributed by atoms with Gasteiger partial charge >= 0.3 is 0 Å². The lowest BCUT2D eigenvalue weighted by atomic mass is 9.95. The molecule has 3 rings (SSSR count). The lowest BCUT2D eigenvalue weighted by molar-refractivity contribution is -0.116. The van der Waals surface area contributed by atoms with Gasteiger partial charge in [0.2, 0.25) is 5.91 Å². The van der Waals surface area contributed by atoms with Crippen LogP contribution in [-0.4, -0.2) is 25.2 Å². The summed E-state index contributed by atoms with van der Waals surface area (Å²) in [4.78, 5) is 11.3. The second-order valence-electron chi connectivity index (χ2n) is 4.97. The van der Waals surface area contributed by atoms with Crippen molar-refractivity contribution in [2.45, 2.75) is 31.9 Å². The van der Waals surface area contributed by atoms with Crippen LogP contribution in [0.2, 0.25) is 0 Å². The van der Waals surface area contributed by atoms with Gasteiger partial charge in [-0.2, -0.15) is 0 Å². The zero-order valence-corrected chi connectivity index (χ0v) is 10.5. The number of hydrogen-bond acceptors (Lipinski definition) is 3. The molecule has 2 aliphatic rings. The van der Waals surface area contributed by atoms with E-state index in [0.717, 1.165) is 25.3 Å². The van der Waals surface area contributed by atoms with Gasteiger partial charge in [-0.3, -0.25) is 4.79 Å². The highest BCUT2D eigenvalue weighted by Gasteiger charge is 2.24. The van der Waals surface area contributed by atoms with E-state index in [1.165, 1.54) is 11.1 Å². The first-order valence-corrected chi connectivity index (χ1v) is 6.52. The Balaban J connectivity index is 1.87. The van der Waals surface area contributed by atoms with Crippen LogP contribution in [0.1, 0.15) is 30.5 Å². The van der Waals surface area contributed by atoms with Crippen LogP contribution < -0.4 is 10.6 Å². The fraction of sp³-hybridized carbons (Fsp3) is 0.500. The Morgan fingerprint density at radius 2 is 2.22 bits per heavy atom. The maximum absolute atomic E-state index is 11.3. The Morgan fingerprint density at radius 3 is 3.06 bits per heavy atom. The van der Waals surface area contributed by atoms with Crippen molar-refractivity contribution in [1.82, 2.24) is 5.32 Å². The zero-order chi connectivity index (χ0) is 12.5. The third-order valence-corrected chi connectivity index (χ3v) is 3.70. The summed E-state index contributed by atoms with van der Waals surface area (Å²) < 4.78 is 5.67. The highest BCUT2D eigenvalue weighted by atomic mass is 16.5. The molecular formula is C14H18N2O2. The molecule has 2 heterocycles. The van der Waals surface area contributed by atoms with Crippen LogP contribution >= 0.6 is 0 Å². The first kappa shape index (κ1) is 11.7. The Labute approximate surface area is 107 Å². The van der Waals surface area contributed by atoms with Crippen LogP contribution in [0, 0.1) is 0 Å². The molecule has 1 saturated heterocycles. The number of morpholine rings is 1. The van der Waals surface area contributed by atoms with Crippen molar-refractivity contribution < 1.29 is 9.53 Å². The largest absolute Gasteiger partial charge is 0.375 e. The minimum absolute atomic E-state index is 0.114. The minimum atomic E-state index is 0.114. The molecular weight excluding hydrogens is 228 g/mol. The van der Waals surface area contributed by atoms with Crippen LogP contribution in [0.15, 0.2) is 18.2 Å². The van der Waals surface area contributed by atoms with Crippen molar-refractivity contribution in [3.8, 4) is 0 Å². The van der Waals surface area contributed by atoms with Gasteiger partial charge in [0, 0.05) is 18.7 Å². The van der Waals surface area contributed by atoms with E-state index in [2.05, 4.69) is 29.7 Å². The summed E-state index contributed by atoms with van der Waals surface area (Å²) in [5.74, 6) is 0.114. The maximum atomic E-state index is 11.3. The molecule has 1 fully saturated rings. The fourth-order valence-electron chi connectivity index (χ4n) is 2.71. The number of hydrogen-bond donors (Lipinski definition) is 2. The van der Waals surface area contributed by atoms with Crippen LogP contribution in [0.3, 0.4) is 0 Å². The van der Waals surface area contributed by atoms with Crippen molar-refractivity contribution in [3.63, 3.8) is 0 Å². The van der Waals surface area contributed by atoms with Crippen molar-refractivity contribution in [2.24, 2.45) is 0 Å². The monoisotopic (exact) mass is 246 g/mol. The summed E-state index contributed by atoms with van der Waals surface area (Å²) in [5, 5.41) is 6.40. The normalized spacial score (nSPS) is 27.5. The van der Waals surface area contributed by atoms with Crippen LogP contribution in [0.4, 0.5) is 5.69 Å². The lowest BCUT2D eigenvalue weighted by Crippen LogP contribution is -2.40. The second kappa shape index (κ2) is 4.71. The predicted octanol–water partition coefficient (Wildman–Crippen LogP) is 1.62. The van der Waals surface area contributed by atoms with E-state index < -0.39 is 0 Å². The van der Waals surface area contributed by atoms with Crippen LogP contribution in [0.25, 0.3) is 0 Å². The number of anilines is 1. The molecule has 4 heteroatoms. The number of fused-ring (bicyclic) bond motifs is 1. The molecule has 2 unspecified atom stereocenters. The summed E-state index contributed by atoms with van der Waals surface area (Å²) in [7, 11) is 0. The maximum Gasteiger partial charge on any atom is 0.224 e. The first-order chi connectivity index (χ1) is 8.74. The number of aryl methyl sites for hydroxylation is 1. The van der Waals surface area contributed by atoms with Gasteiger partial charge in [-0.1, -0.05) is 12.1 Å². The van der Waals surface area contributed by atoms with Crippen molar-refractivity contribution in [1.29, 1.82) is 0 Å². The van der Waals surface area contributed by atoms with Crippen molar-refractivity contribution >= 4 is 11.6 Å². The Bertz CT molecular complexity index is 473. The SMILES string of the molecule is CC1OCCNC1c1ccc2c(c1)CCC(=O)N2. The molecule has 0 spiro atoms. The van der Waals surface area contributed by atoms with E-state index in [-0.39, 0.29) is 18.1 Å². The molecule has 2 atom stereocenters. The number of amides is 1. The number of ether oxygens (including phenoxy) is 1. The lowest BCUT2D eigenvalue weighted by Gasteiger charge is -2.31. The number of rotatable bonds is 1. The molecule has 2 aliphatic heterocycles. The highest BCUT2D eigenvalue weighted by molar-refractivity contribution is 5.93. The first-order valence-electron chi connectivity index (χ1n) is 6.52. The Morgan fingerprint density at radius 1 is 1.33 bits per heavy atom. The van der Waals surface area contributed by atoms with E-state index in [9.17, 15) is 4.79 Å². The number of benzene rings is 1. The van der Waals surface area contributed by atoms with Gasteiger partial charge in [-0.25, -0.2) is 0 Å². The van der Waals surface area contributed by atoms with Gasteiger partial charge in [-0.05, 0) is 30.5 Å². The van der Waals surface area contributed by atoms with E-state index in [1.807, 2.05) is 6.07 Å². The molecule has 0 saturated carbocycles. The van der Waals surface area contributed by atoms with Gasteiger partial charge in [0.1, 0.15) is 0 Å². The summed E-state index contributed by atoms with van der Waals surface area (Å²) in [6.45, 7) is 3.76. The topological polar surface area (TPSA) is 50.4 Å². The molecule has 0 aliphatic carbocycles. The van der Waals surface area contributed by atoms with Crippen LogP contribution in [-0.2, 0) is 16.0 Å². The van der Waals surface area contributed by atoms with Gasteiger partial charge in [0.25, 0.3) is 0 Å². The average Bonchev–Trinajstić information content (AvgIpc) is 2.39. The Kier molecular flexibility index (Phi) is 3.06. The number of nitrogens with one attached hydrogen (secondary N) is 2. The van der Waals surface area contributed by atoms with Crippen molar-refractivity contribution in [2.75, 3.05) is 18.5 Å². The molecule has 1 aromatic rings. The molecule has 18 heavy (non-hydrogen) atoms. The predicted molar refractivity (Wildman–Crippen MR) is 69.6 cm³/mol. The molecule has 2 N–H and O–H groups in total. The quantitative estimate of drug-likeness (QED) is 0.791. The van der Waals surface area contributed by atoms with Gasteiger partial charge in [0.15, 0.2) is 0 Å².